The summed E-state index contributed by atoms with van der Waals surface area (Å²) in [5, 5.41) is 10.3. The maximum Gasteiger partial charge on any atom is 0.417 e. The lowest BCUT2D eigenvalue weighted by molar-refractivity contribution is -0.137. The molecule has 0 atom stereocenters. The normalized spacial score (nSPS) is 14.8. The molecule has 0 amide bonds. The summed E-state index contributed by atoms with van der Waals surface area (Å²) in [5.74, 6) is 0.566. The molecule has 5 nitrogen and oxygen atoms in total. The van der Waals surface area contributed by atoms with Crippen molar-refractivity contribution in [2.24, 2.45) is 0 Å². The molecule has 0 bridgehead atoms. The monoisotopic (exact) mass is 571 g/mol. The SMILES string of the molecule is O=c1oc2cc(O)ccc2c(Cc2ccc(OCCN3CCCCCC3)cc2)c1-c1ccc(Cl)cc1C(F)(F)F. The zero-order valence-corrected chi connectivity index (χ0v) is 22.5. The molecule has 4 aromatic rings. The Morgan fingerprint density at radius 2 is 1.68 bits per heavy atom. The highest BCUT2D eigenvalue weighted by Gasteiger charge is 2.35. The second-order valence-electron chi connectivity index (χ2n) is 10.0. The first-order valence-corrected chi connectivity index (χ1v) is 13.7. The molecular weight excluding hydrogens is 543 g/mol. The van der Waals surface area contributed by atoms with Crippen molar-refractivity contribution in [3.63, 3.8) is 0 Å². The van der Waals surface area contributed by atoms with Gasteiger partial charge in [-0.15, -0.1) is 0 Å². The molecule has 0 radical (unpaired) electrons. The highest BCUT2D eigenvalue weighted by atomic mass is 35.5. The maximum absolute atomic E-state index is 14.0. The third-order valence-electron chi connectivity index (χ3n) is 7.23. The van der Waals surface area contributed by atoms with Gasteiger partial charge in [-0.1, -0.05) is 42.6 Å². The lowest BCUT2D eigenvalue weighted by Crippen LogP contribution is -2.29. The third kappa shape index (κ3) is 6.45. The number of hydrogen-bond donors (Lipinski definition) is 1. The van der Waals surface area contributed by atoms with Crippen molar-refractivity contribution >= 4 is 22.6 Å². The Hall–Kier alpha value is -3.49. The molecule has 1 aliphatic heterocycles. The van der Waals surface area contributed by atoms with Crippen LogP contribution in [0.2, 0.25) is 5.02 Å². The van der Waals surface area contributed by atoms with Crippen molar-refractivity contribution in [1.82, 2.24) is 4.90 Å². The Kier molecular flexibility index (Phi) is 8.38. The van der Waals surface area contributed by atoms with Gasteiger partial charge in [0.2, 0.25) is 0 Å². The van der Waals surface area contributed by atoms with Crippen molar-refractivity contribution in [1.29, 1.82) is 0 Å². The minimum atomic E-state index is -4.75. The fraction of sp³-hybridized carbons (Fsp3) is 0.323. The first kappa shape index (κ1) is 28.1. The van der Waals surface area contributed by atoms with Gasteiger partial charge in [0.05, 0.1) is 11.1 Å². The molecule has 1 N–H and O–H groups in total. The summed E-state index contributed by atoms with van der Waals surface area (Å²) in [5.41, 5.74) is -1.27. The van der Waals surface area contributed by atoms with Crippen LogP contribution in [0.4, 0.5) is 13.2 Å². The van der Waals surface area contributed by atoms with Gasteiger partial charge in [0.1, 0.15) is 23.7 Å². The van der Waals surface area contributed by atoms with Gasteiger partial charge >= 0.3 is 11.8 Å². The molecule has 0 aliphatic carbocycles. The second-order valence-corrected chi connectivity index (χ2v) is 10.5. The van der Waals surface area contributed by atoms with E-state index in [1.807, 2.05) is 24.3 Å². The fourth-order valence-electron chi connectivity index (χ4n) is 5.24. The first-order valence-electron chi connectivity index (χ1n) is 13.3. The average Bonchev–Trinajstić information content (AvgIpc) is 3.18. The van der Waals surface area contributed by atoms with Crippen molar-refractivity contribution in [3.8, 4) is 22.6 Å². The van der Waals surface area contributed by atoms with Crippen molar-refractivity contribution in [3.05, 3.63) is 92.8 Å². The van der Waals surface area contributed by atoms with E-state index < -0.39 is 17.4 Å². The largest absolute Gasteiger partial charge is 0.508 e. The molecule has 40 heavy (non-hydrogen) atoms. The Morgan fingerprint density at radius 1 is 0.950 bits per heavy atom. The average molecular weight is 572 g/mol. The van der Waals surface area contributed by atoms with Gasteiger partial charge in [-0.25, -0.2) is 4.79 Å². The number of phenols is 1. The summed E-state index contributed by atoms with van der Waals surface area (Å²) >= 11 is 5.89. The number of halogens is 4. The number of ether oxygens (including phenoxy) is 1. The Balaban J connectivity index is 1.47. The van der Waals surface area contributed by atoms with Crippen LogP contribution in [0.15, 0.2) is 69.9 Å². The Bertz CT molecular complexity index is 1540. The smallest absolute Gasteiger partial charge is 0.417 e. The van der Waals surface area contributed by atoms with Crippen LogP contribution >= 0.6 is 11.6 Å². The van der Waals surface area contributed by atoms with Crippen LogP contribution in [0, 0.1) is 0 Å². The molecule has 1 fully saturated rings. The van der Waals surface area contributed by atoms with E-state index in [0.29, 0.717) is 23.3 Å². The van der Waals surface area contributed by atoms with Gasteiger partial charge in [-0.3, -0.25) is 4.90 Å². The number of nitrogens with zero attached hydrogens (tertiary/aromatic N) is 1. The number of likely N-dealkylation sites (tertiary alicyclic amines) is 1. The first-order chi connectivity index (χ1) is 19.2. The number of alkyl halides is 3. The molecular formula is C31H29ClF3NO4. The molecule has 1 aliphatic rings. The predicted octanol–water partition coefficient (Wildman–Crippen LogP) is 7.68. The second kappa shape index (κ2) is 11.9. The number of rotatable bonds is 7. The standard InChI is InChI=1S/C31H29ClF3NO4/c32-21-7-11-25(27(18-21)31(33,34)35)29-26(24-12-8-22(37)19-28(24)40-30(29)38)17-20-5-9-23(10-6-20)39-16-15-36-13-3-1-2-4-14-36/h5-12,18-19,37H,1-4,13-17H2. The number of benzene rings is 3. The van der Waals surface area contributed by atoms with Crippen LogP contribution in [0.25, 0.3) is 22.1 Å². The van der Waals surface area contributed by atoms with E-state index in [0.717, 1.165) is 31.3 Å². The van der Waals surface area contributed by atoms with Crippen LogP contribution < -0.4 is 10.4 Å². The summed E-state index contributed by atoms with van der Waals surface area (Å²) in [6, 6.07) is 14.8. The van der Waals surface area contributed by atoms with Gasteiger partial charge < -0.3 is 14.3 Å². The molecule has 3 aromatic carbocycles. The van der Waals surface area contributed by atoms with Gasteiger partial charge in [0.15, 0.2) is 0 Å². The topological polar surface area (TPSA) is 62.9 Å². The van der Waals surface area contributed by atoms with Gasteiger partial charge in [0.25, 0.3) is 0 Å². The highest BCUT2D eigenvalue weighted by Crippen LogP contribution is 2.40. The molecule has 0 saturated carbocycles. The highest BCUT2D eigenvalue weighted by molar-refractivity contribution is 6.30. The van der Waals surface area contributed by atoms with E-state index in [4.69, 9.17) is 20.8 Å². The molecule has 0 unspecified atom stereocenters. The summed E-state index contributed by atoms with van der Waals surface area (Å²) in [6.07, 6.45) is 0.370. The molecule has 9 heteroatoms. The zero-order chi connectivity index (χ0) is 28.3. The van der Waals surface area contributed by atoms with Crippen molar-refractivity contribution in [2.45, 2.75) is 38.3 Å². The van der Waals surface area contributed by atoms with Gasteiger partial charge in [0, 0.05) is 28.6 Å². The third-order valence-corrected chi connectivity index (χ3v) is 7.47. The van der Waals surface area contributed by atoms with E-state index in [-0.39, 0.29) is 33.9 Å². The van der Waals surface area contributed by atoms with Crippen LogP contribution in [0.5, 0.6) is 11.5 Å². The lowest BCUT2D eigenvalue weighted by atomic mass is 9.91. The van der Waals surface area contributed by atoms with Crippen LogP contribution in [-0.4, -0.2) is 36.2 Å². The summed E-state index contributed by atoms with van der Waals surface area (Å²) < 4.78 is 53.4. The molecule has 1 aromatic heterocycles. The molecule has 210 valence electrons. The summed E-state index contributed by atoms with van der Waals surface area (Å²) in [6.45, 7) is 3.59. The molecule has 0 spiro atoms. The van der Waals surface area contributed by atoms with Crippen LogP contribution in [0.1, 0.15) is 42.4 Å². The van der Waals surface area contributed by atoms with Gasteiger partial charge in [-0.2, -0.15) is 13.2 Å². The van der Waals surface area contributed by atoms with E-state index in [1.54, 1.807) is 0 Å². The Morgan fingerprint density at radius 3 is 2.38 bits per heavy atom. The fourth-order valence-corrected chi connectivity index (χ4v) is 5.41. The van der Waals surface area contributed by atoms with Crippen LogP contribution in [-0.2, 0) is 12.6 Å². The molecule has 2 heterocycles. The minimum Gasteiger partial charge on any atom is -0.508 e. The van der Waals surface area contributed by atoms with Gasteiger partial charge in [-0.05, 0) is 79.9 Å². The number of fused-ring (bicyclic) bond motifs is 1. The zero-order valence-electron chi connectivity index (χ0n) is 21.8. The predicted molar refractivity (Wildman–Crippen MR) is 149 cm³/mol. The van der Waals surface area contributed by atoms with E-state index in [2.05, 4.69) is 4.90 Å². The summed E-state index contributed by atoms with van der Waals surface area (Å²) in [4.78, 5) is 15.6. The quantitative estimate of drug-likeness (QED) is 0.230. The van der Waals surface area contributed by atoms with E-state index in [1.165, 1.54) is 56.0 Å². The molecule has 5 rings (SSSR count). The van der Waals surface area contributed by atoms with Crippen LogP contribution in [0.3, 0.4) is 0 Å². The minimum absolute atomic E-state index is 0.0831. The van der Waals surface area contributed by atoms with E-state index >= 15 is 0 Å². The number of aromatic hydroxyl groups is 1. The maximum atomic E-state index is 14.0. The molecule has 1 saturated heterocycles. The van der Waals surface area contributed by atoms with Crippen molar-refractivity contribution < 1.29 is 27.4 Å². The summed E-state index contributed by atoms with van der Waals surface area (Å²) in [7, 11) is 0. The number of hydrogen-bond acceptors (Lipinski definition) is 5. The van der Waals surface area contributed by atoms with Crippen molar-refractivity contribution in [2.75, 3.05) is 26.2 Å². The number of phenolic OH excluding ortho intramolecular Hbond substituents is 1. The Labute approximate surface area is 234 Å². The lowest BCUT2D eigenvalue weighted by Gasteiger charge is -2.19. The van der Waals surface area contributed by atoms with E-state index in [9.17, 15) is 23.1 Å².